The predicted octanol–water partition coefficient (Wildman–Crippen LogP) is 4.62. The van der Waals surface area contributed by atoms with Crippen molar-refractivity contribution < 1.29 is 13.9 Å². The number of anilines is 1. The van der Waals surface area contributed by atoms with Crippen molar-refractivity contribution in [2.75, 3.05) is 19.5 Å². The zero-order chi connectivity index (χ0) is 24.4. The highest BCUT2D eigenvalue weighted by Crippen LogP contribution is 2.28. The summed E-state index contributed by atoms with van der Waals surface area (Å²) in [6.45, 7) is 4.49. The number of aromatic nitrogens is 5. The van der Waals surface area contributed by atoms with Crippen LogP contribution in [0.25, 0.3) is 17.2 Å². The SMILES string of the molecule is COc1ccc(CNc2nc(-c3ncco3)c(C)n3nc(Cc4ccccc4C)nc23)c(OC)c1. The van der Waals surface area contributed by atoms with Crippen molar-refractivity contribution in [1.29, 1.82) is 0 Å². The molecule has 2 aromatic carbocycles. The Balaban J connectivity index is 1.55. The lowest BCUT2D eigenvalue weighted by Crippen LogP contribution is -2.09. The summed E-state index contributed by atoms with van der Waals surface area (Å²) < 4.78 is 18.2. The van der Waals surface area contributed by atoms with Gasteiger partial charge in [-0.1, -0.05) is 24.3 Å². The van der Waals surface area contributed by atoms with E-state index in [0.717, 1.165) is 22.8 Å². The second kappa shape index (κ2) is 9.46. The molecule has 5 rings (SSSR count). The molecule has 0 aliphatic carbocycles. The van der Waals surface area contributed by atoms with Gasteiger partial charge in [0.2, 0.25) is 5.89 Å². The predicted molar refractivity (Wildman–Crippen MR) is 132 cm³/mol. The minimum atomic E-state index is 0.422. The first kappa shape index (κ1) is 22.4. The number of oxazole rings is 1. The minimum absolute atomic E-state index is 0.422. The standard InChI is InChI=1S/C26H26N6O3/c1-16-7-5-6-8-18(16)13-22-29-25-24(28-15-19-9-10-20(33-3)14-21(19)34-4)30-23(17(2)32(25)31-22)26-27-11-12-35-26/h5-12,14H,13,15H2,1-4H3,(H,28,30). The fraction of sp³-hybridized carbons (Fsp3) is 0.231. The second-order valence-electron chi connectivity index (χ2n) is 8.13. The van der Waals surface area contributed by atoms with Gasteiger partial charge in [-0.15, -0.1) is 0 Å². The van der Waals surface area contributed by atoms with E-state index in [0.29, 0.717) is 41.8 Å². The first-order valence-corrected chi connectivity index (χ1v) is 11.2. The van der Waals surface area contributed by atoms with Crippen molar-refractivity contribution in [2.24, 2.45) is 0 Å². The minimum Gasteiger partial charge on any atom is -0.497 e. The van der Waals surface area contributed by atoms with Crippen LogP contribution in [0.5, 0.6) is 11.5 Å². The second-order valence-corrected chi connectivity index (χ2v) is 8.13. The van der Waals surface area contributed by atoms with Gasteiger partial charge in [0.25, 0.3) is 0 Å². The van der Waals surface area contributed by atoms with E-state index < -0.39 is 0 Å². The van der Waals surface area contributed by atoms with Gasteiger partial charge in [0, 0.05) is 24.6 Å². The van der Waals surface area contributed by atoms with Crippen molar-refractivity contribution >= 4 is 11.5 Å². The Morgan fingerprint density at radius 2 is 1.86 bits per heavy atom. The molecule has 0 radical (unpaired) electrons. The molecule has 1 N–H and O–H groups in total. The van der Waals surface area contributed by atoms with Gasteiger partial charge in [-0.2, -0.15) is 5.10 Å². The first-order chi connectivity index (χ1) is 17.1. The number of methoxy groups -OCH3 is 2. The molecule has 0 saturated heterocycles. The van der Waals surface area contributed by atoms with Crippen LogP contribution in [0.2, 0.25) is 0 Å². The summed E-state index contributed by atoms with van der Waals surface area (Å²) in [5.41, 5.74) is 5.35. The number of hydrogen-bond donors (Lipinski definition) is 1. The number of aryl methyl sites for hydroxylation is 2. The molecule has 0 unspecified atom stereocenters. The number of ether oxygens (including phenoxy) is 2. The largest absolute Gasteiger partial charge is 0.497 e. The van der Waals surface area contributed by atoms with Crippen molar-refractivity contribution in [3.05, 3.63) is 83.1 Å². The van der Waals surface area contributed by atoms with Crippen LogP contribution in [0.1, 0.15) is 28.2 Å². The average molecular weight is 471 g/mol. The van der Waals surface area contributed by atoms with Crippen LogP contribution >= 0.6 is 0 Å². The van der Waals surface area contributed by atoms with Crippen LogP contribution in [0, 0.1) is 13.8 Å². The van der Waals surface area contributed by atoms with Crippen LogP contribution in [0.15, 0.2) is 59.3 Å². The summed E-state index contributed by atoms with van der Waals surface area (Å²) in [5, 5.41) is 8.22. The summed E-state index contributed by atoms with van der Waals surface area (Å²) in [6.07, 6.45) is 3.75. The zero-order valence-electron chi connectivity index (χ0n) is 20.1. The van der Waals surface area contributed by atoms with E-state index in [2.05, 4.69) is 29.4 Å². The highest BCUT2D eigenvalue weighted by Gasteiger charge is 2.20. The molecule has 0 saturated carbocycles. The number of rotatable bonds is 8. The van der Waals surface area contributed by atoms with E-state index in [1.807, 2.05) is 37.3 Å². The molecule has 0 aliphatic heterocycles. The van der Waals surface area contributed by atoms with Gasteiger partial charge in [-0.05, 0) is 37.1 Å². The van der Waals surface area contributed by atoms with Crippen LogP contribution in [-0.2, 0) is 13.0 Å². The van der Waals surface area contributed by atoms with E-state index in [4.69, 9.17) is 29.0 Å². The Bertz CT molecular complexity index is 1480. The number of benzene rings is 2. The molecule has 0 bridgehead atoms. The molecule has 0 spiro atoms. The molecule has 0 atom stereocenters. The highest BCUT2D eigenvalue weighted by molar-refractivity contribution is 5.68. The summed E-state index contributed by atoms with van der Waals surface area (Å²) in [5.74, 6) is 3.15. The van der Waals surface area contributed by atoms with Crippen molar-refractivity contribution in [3.63, 3.8) is 0 Å². The van der Waals surface area contributed by atoms with Gasteiger partial charge in [0.1, 0.15) is 23.5 Å². The van der Waals surface area contributed by atoms with Gasteiger partial charge in [-0.3, -0.25) is 0 Å². The number of nitrogens with zero attached hydrogens (tertiary/aromatic N) is 5. The highest BCUT2D eigenvalue weighted by atomic mass is 16.5. The lowest BCUT2D eigenvalue weighted by atomic mass is 10.1. The molecule has 3 aromatic heterocycles. The fourth-order valence-corrected chi connectivity index (χ4v) is 3.98. The Labute approximate surface area is 202 Å². The summed E-state index contributed by atoms with van der Waals surface area (Å²) >= 11 is 0. The van der Waals surface area contributed by atoms with Crippen LogP contribution in [-0.4, -0.2) is 38.8 Å². The Morgan fingerprint density at radius 3 is 2.60 bits per heavy atom. The molecule has 0 amide bonds. The number of fused-ring (bicyclic) bond motifs is 1. The summed E-state index contributed by atoms with van der Waals surface area (Å²) in [7, 11) is 3.27. The zero-order valence-corrected chi connectivity index (χ0v) is 20.1. The van der Waals surface area contributed by atoms with Gasteiger partial charge < -0.3 is 19.2 Å². The fourth-order valence-electron chi connectivity index (χ4n) is 3.98. The van der Waals surface area contributed by atoms with E-state index in [1.54, 1.807) is 24.9 Å². The maximum absolute atomic E-state index is 5.55. The van der Waals surface area contributed by atoms with Crippen molar-refractivity contribution in [1.82, 2.24) is 24.6 Å². The van der Waals surface area contributed by atoms with E-state index in [-0.39, 0.29) is 0 Å². The van der Waals surface area contributed by atoms with Gasteiger partial charge in [-0.25, -0.2) is 19.5 Å². The summed E-state index contributed by atoms with van der Waals surface area (Å²) in [4.78, 5) is 14.0. The molecule has 178 valence electrons. The first-order valence-electron chi connectivity index (χ1n) is 11.2. The summed E-state index contributed by atoms with van der Waals surface area (Å²) in [6, 6.07) is 14.0. The van der Waals surface area contributed by atoms with Crippen LogP contribution in [0.3, 0.4) is 0 Å². The number of hydrogen-bond acceptors (Lipinski definition) is 8. The monoisotopic (exact) mass is 470 g/mol. The lowest BCUT2D eigenvalue weighted by molar-refractivity contribution is 0.391. The Hall–Kier alpha value is -4.40. The molecular weight excluding hydrogens is 444 g/mol. The van der Waals surface area contributed by atoms with E-state index in [9.17, 15) is 0 Å². The van der Waals surface area contributed by atoms with E-state index >= 15 is 0 Å². The Kier molecular flexibility index (Phi) is 6.05. The molecule has 9 nitrogen and oxygen atoms in total. The van der Waals surface area contributed by atoms with Crippen molar-refractivity contribution in [2.45, 2.75) is 26.8 Å². The van der Waals surface area contributed by atoms with E-state index in [1.165, 1.54) is 17.4 Å². The topological polar surface area (TPSA) is 99.6 Å². The maximum atomic E-state index is 5.55. The molecule has 9 heteroatoms. The van der Waals surface area contributed by atoms with Gasteiger partial charge >= 0.3 is 0 Å². The molecule has 0 aliphatic rings. The normalized spacial score (nSPS) is 11.1. The molecule has 35 heavy (non-hydrogen) atoms. The smallest absolute Gasteiger partial charge is 0.246 e. The third-order valence-corrected chi connectivity index (χ3v) is 5.93. The molecular formula is C26H26N6O3. The number of nitrogens with one attached hydrogen (secondary N) is 1. The van der Waals surface area contributed by atoms with Gasteiger partial charge in [0.15, 0.2) is 17.3 Å². The average Bonchev–Trinajstić information content (AvgIpc) is 3.56. The lowest BCUT2D eigenvalue weighted by Gasteiger charge is -2.13. The Morgan fingerprint density at radius 1 is 1.00 bits per heavy atom. The quantitative estimate of drug-likeness (QED) is 0.351. The maximum Gasteiger partial charge on any atom is 0.246 e. The van der Waals surface area contributed by atoms with Crippen LogP contribution in [0.4, 0.5) is 5.82 Å². The van der Waals surface area contributed by atoms with Crippen LogP contribution < -0.4 is 14.8 Å². The van der Waals surface area contributed by atoms with Gasteiger partial charge in [0.05, 0.1) is 26.1 Å². The molecule has 0 fully saturated rings. The molecule has 3 heterocycles. The third kappa shape index (κ3) is 4.40. The third-order valence-electron chi connectivity index (χ3n) is 5.93. The molecule has 5 aromatic rings. The van der Waals surface area contributed by atoms with Crippen molar-refractivity contribution in [3.8, 4) is 23.1 Å².